The van der Waals surface area contributed by atoms with Gasteiger partial charge in [0.15, 0.2) is 5.78 Å². The fourth-order valence-electron chi connectivity index (χ4n) is 0.830. The third-order valence-electron chi connectivity index (χ3n) is 1.66. The summed E-state index contributed by atoms with van der Waals surface area (Å²) in [6.07, 6.45) is 6.66. The molecule has 1 heterocycles. The maximum atomic E-state index is 11.1. The molecule has 0 N–H and O–H groups in total. The molecule has 0 saturated carbocycles. The predicted molar refractivity (Wildman–Crippen MR) is 52.1 cm³/mol. The van der Waals surface area contributed by atoms with Crippen molar-refractivity contribution >= 4 is 11.9 Å². The summed E-state index contributed by atoms with van der Waals surface area (Å²) in [5.41, 5.74) is 0.533. The van der Waals surface area contributed by atoms with E-state index < -0.39 is 0 Å². The van der Waals surface area contributed by atoms with Gasteiger partial charge < -0.3 is 4.57 Å². The minimum Gasteiger partial charge on any atom is -0.335 e. The number of aryl methyl sites for hydroxylation is 1. The molecule has 0 aliphatic heterocycles. The summed E-state index contributed by atoms with van der Waals surface area (Å²) in [6, 6.07) is 0. The Morgan fingerprint density at radius 2 is 2.38 bits per heavy atom. The molecular weight excluding hydrogens is 164 g/mol. The van der Waals surface area contributed by atoms with Gasteiger partial charge in [-0.25, -0.2) is 4.98 Å². The van der Waals surface area contributed by atoms with Gasteiger partial charge in [0, 0.05) is 19.4 Å². The highest BCUT2D eigenvalue weighted by molar-refractivity contribution is 6.05. The van der Waals surface area contributed by atoms with Crippen LogP contribution in [-0.4, -0.2) is 15.3 Å². The number of nitrogens with zero attached hydrogens (tertiary/aromatic N) is 2. The number of imidazole rings is 1. The van der Waals surface area contributed by atoms with Gasteiger partial charge in [0.1, 0.15) is 5.82 Å². The molecule has 1 aromatic heterocycles. The van der Waals surface area contributed by atoms with Crippen LogP contribution in [0.4, 0.5) is 0 Å². The van der Waals surface area contributed by atoms with Gasteiger partial charge in [-0.05, 0) is 24.6 Å². The first kappa shape index (κ1) is 9.45. The Morgan fingerprint density at radius 3 is 2.85 bits per heavy atom. The van der Waals surface area contributed by atoms with Crippen LogP contribution in [0, 0.1) is 0 Å². The lowest BCUT2D eigenvalue weighted by molar-refractivity contribution is -0.111. The zero-order chi connectivity index (χ0) is 9.84. The van der Waals surface area contributed by atoms with E-state index in [-0.39, 0.29) is 5.78 Å². The summed E-state index contributed by atoms with van der Waals surface area (Å²) in [5.74, 6) is 0.692. The molecule has 3 heteroatoms. The first-order chi connectivity index (χ1) is 6.11. The van der Waals surface area contributed by atoms with Gasteiger partial charge in [-0.2, -0.15) is 0 Å². The molecule has 0 aliphatic rings. The molecule has 3 nitrogen and oxygen atoms in total. The lowest BCUT2D eigenvalue weighted by Crippen LogP contribution is -1.94. The summed E-state index contributed by atoms with van der Waals surface area (Å²) >= 11 is 0. The van der Waals surface area contributed by atoms with Gasteiger partial charge in [-0.15, -0.1) is 0 Å². The van der Waals surface area contributed by atoms with E-state index in [1.165, 1.54) is 6.08 Å². The number of allylic oxidation sites excluding steroid dienone is 2. The van der Waals surface area contributed by atoms with Crippen LogP contribution in [0.25, 0.3) is 6.08 Å². The number of rotatable bonds is 3. The molecule has 0 saturated heterocycles. The second-order valence-corrected chi connectivity index (χ2v) is 2.87. The molecule has 0 fully saturated rings. The molecule has 0 spiro atoms. The second kappa shape index (κ2) is 3.85. The number of hydrogen-bond acceptors (Lipinski definition) is 2. The van der Waals surface area contributed by atoms with Crippen molar-refractivity contribution in [1.29, 1.82) is 0 Å². The van der Waals surface area contributed by atoms with Crippen molar-refractivity contribution in [2.45, 2.75) is 6.92 Å². The molecule has 68 valence electrons. The molecule has 0 bridgehead atoms. The van der Waals surface area contributed by atoms with Gasteiger partial charge in [0.2, 0.25) is 0 Å². The average Bonchev–Trinajstić information content (AvgIpc) is 2.47. The molecule has 0 radical (unpaired) electrons. The van der Waals surface area contributed by atoms with Crippen LogP contribution in [0.5, 0.6) is 0 Å². The van der Waals surface area contributed by atoms with E-state index in [0.717, 1.165) is 5.82 Å². The number of aromatic nitrogens is 2. The lowest BCUT2D eigenvalue weighted by atomic mass is 10.2. The number of carbonyl (C=O) groups is 1. The summed E-state index contributed by atoms with van der Waals surface area (Å²) < 4.78 is 1.84. The minimum absolute atomic E-state index is 0.0667. The molecule has 13 heavy (non-hydrogen) atoms. The molecule has 0 atom stereocenters. The molecule has 0 aromatic carbocycles. The molecule has 1 rings (SSSR count). The van der Waals surface area contributed by atoms with Crippen molar-refractivity contribution in [3.8, 4) is 0 Å². The number of carbonyl (C=O) groups excluding carboxylic acids is 1. The average molecular weight is 176 g/mol. The van der Waals surface area contributed by atoms with Crippen molar-refractivity contribution in [3.63, 3.8) is 0 Å². The van der Waals surface area contributed by atoms with E-state index in [9.17, 15) is 4.79 Å². The molecule has 0 unspecified atom stereocenters. The summed E-state index contributed by atoms with van der Waals surface area (Å²) in [4.78, 5) is 15.2. The zero-order valence-corrected chi connectivity index (χ0v) is 7.82. The third-order valence-corrected chi connectivity index (χ3v) is 1.66. The van der Waals surface area contributed by atoms with Crippen LogP contribution in [0.15, 0.2) is 30.6 Å². The Kier molecular flexibility index (Phi) is 2.80. The van der Waals surface area contributed by atoms with Crippen LogP contribution in [-0.2, 0) is 11.8 Å². The highest BCUT2D eigenvalue weighted by atomic mass is 16.1. The Labute approximate surface area is 77.4 Å². The van der Waals surface area contributed by atoms with Gasteiger partial charge in [-0.3, -0.25) is 4.79 Å². The predicted octanol–water partition coefficient (Wildman–Crippen LogP) is 1.58. The third kappa shape index (κ3) is 2.40. The molecular formula is C10H12N2O. The Morgan fingerprint density at radius 1 is 1.69 bits per heavy atom. The van der Waals surface area contributed by atoms with E-state index in [4.69, 9.17) is 0 Å². The van der Waals surface area contributed by atoms with Crippen LogP contribution in [0.1, 0.15) is 12.7 Å². The van der Waals surface area contributed by atoms with E-state index in [2.05, 4.69) is 11.6 Å². The fraction of sp³-hybridized carbons (Fsp3) is 0.200. The van der Waals surface area contributed by atoms with Crippen molar-refractivity contribution < 1.29 is 4.79 Å². The standard InChI is InChI=1S/C10H12N2O/c1-8(2)9(13)4-5-10-11-6-7-12(10)3/h4-7H,1H2,2-3H3/b5-4+. The first-order valence-corrected chi connectivity index (χ1v) is 3.96. The Balaban J connectivity index is 2.75. The summed E-state index contributed by atoms with van der Waals surface area (Å²) in [7, 11) is 1.87. The smallest absolute Gasteiger partial charge is 0.181 e. The quantitative estimate of drug-likeness (QED) is 0.655. The topological polar surface area (TPSA) is 34.9 Å². The maximum absolute atomic E-state index is 11.1. The maximum Gasteiger partial charge on any atom is 0.181 e. The fourth-order valence-corrected chi connectivity index (χ4v) is 0.830. The second-order valence-electron chi connectivity index (χ2n) is 2.87. The molecule has 0 aliphatic carbocycles. The van der Waals surface area contributed by atoms with Crippen molar-refractivity contribution in [1.82, 2.24) is 9.55 Å². The van der Waals surface area contributed by atoms with Crippen LogP contribution in [0.2, 0.25) is 0 Å². The van der Waals surface area contributed by atoms with Gasteiger partial charge in [0.05, 0.1) is 0 Å². The zero-order valence-electron chi connectivity index (χ0n) is 7.82. The van der Waals surface area contributed by atoms with Crippen LogP contribution in [0.3, 0.4) is 0 Å². The van der Waals surface area contributed by atoms with Crippen molar-refractivity contribution in [3.05, 3.63) is 36.4 Å². The van der Waals surface area contributed by atoms with Crippen LogP contribution >= 0.6 is 0 Å². The van der Waals surface area contributed by atoms with Crippen molar-refractivity contribution in [2.75, 3.05) is 0 Å². The van der Waals surface area contributed by atoms with Gasteiger partial charge >= 0.3 is 0 Å². The molecule has 0 amide bonds. The summed E-state index contributed by atoms with van der Waals surface area (Å²) in [5, 5.41) is 0. The Bertz CT molecular complexity index is 361. The van der Waals surface area contributed by atoms with Crippen LogP contribution < -0.4 is 0 Å². The monoisotopic (exact) mass is 176 g/mol. The van der Waals surface area contributed by atoms with Crippen molar-refractivity contribution in [2.24, 2.45) is 7.05 Å². The van der Waals surface area contributed by atoms with E-state index in [1.54, 1.807) is 19.2 Å². The van der Waals surface area contributed by atoms with E-state index in [0.29, 0.717) is 5.57 Å². The van der Waals surface area contributed by atoms with E-state index >= 15 is 0 Å². The van der Waals surface area contributed by atoms with Gasteiger partial charge in [-0.1, -0.05) is 6.58 Å². The largest absolute Gasteiger partial charge is 0.335 e. The number of hydrogen-bond donors (Lipinski definition) is 0. The normalized spacial score (nSPS) is 10.6. The Hall–Kier alpha value is -1.64. The minimum atomic E-state index is -0.0667. The highest BCUT2D eigenvalue weighted by Crippen LogP contribution is 1.99. The van der Waals surface area contributed by atoms with E-state index in [1.807, 2.05) is 17.8 Å². The summed E-state index contributed by atoms with van der Waals surface area (Å²) in [6.45, 7) is 5.24. The number of ketones is 1. The SMILES string of the molecule is C=C(C)C(=O)/C=C/c1nccn1C. The first-order valence-electron chi connectivity index (χ1n) is 3.96. The lowest BCUT2D eigenvalue weighted by Gasteiger charge is -1.93. The van der Waals surface area contributed by atoms with Gasteiger partial charge in [0.25, 0.3) is 0 Å². The highest BCUT2D eigenvalue weighted by Gasteiger charge is 1.97. The molecule has 1 aromatic rings.